The van der Waals surface area contributed by atoms with Gasteiger partial charge in [0.1, 0.15) is 0 Å². The van der Waals surface area contributed by atoms with Crippen molar-refractivity contribution >= 4 is 23.5 Å². The molecule has 0 spiro atoms. The van der Waals surface area contributed by atoms with Crippen molar-refractivity contribution in [2.75, 3.05) is 26.6 Å². The van der Waals surface area contributed by atoms with E-state index in [2.05, 4.69) is 10.6 Å². The number of hydrogen-bond acceptors (Lipinski definition) is 7. The maximum Gasteiger partial charge on any atom is 0.307 e. The van der Waals surface area contributed by atoms with E-state index >= 15 is 0 Å². The van der Waals surface area contributed by atoms with E-state index in [4.69, 9.17) is 18.6 Å². The van der Waals surface area contributed by atoms with Gasteiger partial charge in [-0.25, -0.2) is 0 Å². The van der Waals surface area contributed by atoms with E-state index in [0.717, 1.165) is 0 Å². The number of hydrogen-bond donors (Lipinski definition) is 2. The van der Waals surface area contributed by atoms with Gasteiger partial charge in [-0.15, -0.1) is 0 Å². The number of carbonyl (C=O) groups is 3. The van der Waals surface area contributed by atoms with Crippen LogP contribution in [0.5, 0.6) is 11.5 Å². The summed E-state index contributed by atoms with van der Waals surface area (Å²) in [7, 11) is 4.30. The van der Waals surface area contributed by atoms with E-state index in [0.29, 0.717) is 28.3 Å². The number of esters is 1. The number of ether oxygens (including phenoxy) is 3. The second-order valence-corrected chi connectivity index (χ2v) is 6.93. The van der Waals surface area contributed by atoms with Crippen molar-refractivity contribution in [2.24, 2.45) is 0 Å². The van der Waals surface area contributed by atoms with Crippen LogP contribution in [-0.2, 0) is 9.53 Å². The minimum absolute atomic E-state index is 0.0744. The van der Waals surface area contributed by atoms with Gasteiger partial charge in [0.15, 0.2) is 17.3 Å². The van der Waals surface area contributed by atoms with Gasteiger partial charge in [0.2, 0.25) is 0 Å². The topological polar surface area (TPSA) is 116 Å². The van der Waals surface area contributed by atoms with Gasteiger partial charge in [-0.3, -0.25) is 14.4 Å². The number of rotatable bonds is 9. The molecule has 1 heterocycles. The van der Waals surface area contributed by atoms with Crippen molar-refractivity contribution in [3.05, 3.63) is 77.7 Å². The monoisotopic (exact) mass is 452 g/mol. The van der Waals surface area contributed by atoms with Crippen molar-refractivity contribution in [1.82, 2.24) is 5.32 Å². The van der Waals surface area contributed by atoms with Gasteiger partial charge >= 0.3 is 5.97 Å². The van der Waals surface area contributed by atoms with E-state index in [1.54, 1.807) is 54.6 Å². The smallest absolute Gasteiger partial charge is 0.307 e. The summed E-state index contributed by atoms with van der Waals surface area (Å²) in [6.45, 7) is 0. The summed E-state index contributed by atoms with van der Waals surface area (Å²) in [5.41, 5.74) is 1.49. The Morgan fingerprint density at radius 2 is 1.64 bits per heavy atom. The number of benzene rings is 2. The quantitative estimate of drug-likeness (QED) is 0.477. The highest BCUT2D eigenvalue weighted by Gasteiger charge is 2.21. The highest BCUT2D eigenvalue weighted by Crippen LogP contribution is 2.31. The molecule has 0 bridgehead atoms. The Morgan fingerprint density at radius 3 is 2.24 bits per heavy atom. The summed E-state index contributed by atoms with van der Waals surface area (Å²) >= 11 is 0. The maximum absolute atomic E-state index is 12.9. The molecule has 2 aromatic carbocycles. The zero-order chi connectivity index (χ0) is 23.8. The van der Waals surface area contributed by atoms with Crippen molar-refractivity contribution in [1.29, 1.82) is 0 Å². The van der Waals surface area contributed by atoms with Crippen molar-refractivity contribution < 1.29 is 33.0 Å². The van der Waals surface area contributed by atoms with Crippen LogP contribution in [0.4, 0.5) is 5.69 Å². The Hall–Kier alpha value is -4.27. The summed E-state index contributed by atoms with van der Waals surface area (Å²) in [5.74, 6) is -0.109. The summed E-state index contributed by atoms with van der Waals surface area (Å²) < 4.78 is 20.4. The Morgan fingerprint density at radius 1 is 0.909 bits per heavy atom. The van der Waals surface area contributed by atoms with Gasteiger partial charge in [0.05, 0.1) is 40.1 Å². The van der Waals surface area contributed by atoms with Gasteiger partial charge in [-0.2, -0.15) is 0 Å². The first-order valence-corrected chi connectivity index (χ1v) is 9.99. The van der Waals surface area contributed by atoms with Crippen LogP contribution in [0.1, 0.15) is 38.9 Å². The molecule has 3 aromatic rings. The fourth-order valence-electron chi connectivity index (χ4n) is 3.12. The van der Waals surface area contributed by atoms with Crippen molar-refractivity contribution in [2.45, 2.75) is 12.5 Å². The fraction of sp³-hybridized carbons (Fsp3) is 0.208. The molecule has 3 rings (SSSR count). The number of amides is 2. The van der Waals surface area contributed by atoms with Gasteiger partial charge in [-0.05, 0) is 54.1 Å². The lowest BCUT2D eigenvalue weighted by molar-refractivity contribution is -0.141. The Kier molecular flexibility index (Phi) is 7.69. The molecule has 0 saturated carbocycles. The highest BCUT2D eigenvalue weighted by atomic mass is 16.5. The third-order valence-corrected chi connectivity index (χ3v) is 4.86. The van der Waals surface area contributed by atoms with Crippen LogP contribution in [0, 0.1) is 0 Å². The Labute approximate surface area is 190 Å². The molecule has 9 heteroatoms. The normalized spacial score (nSPS) is 11.2. The second kappa shape index (κ2) is 10.9. The number of carbonyl (C=O) groups excluding carboxylic acids is 3. The van der Waals surface area contributed by atoms with E-state index in [1.807, 2.05) is 0 Å². The molecule has 2 amide bonds. The predicted octanol–water partition coefficient (Wildman–Crippen LogP) is 3.58. The highest BCUT2D eigenvalue weighted by molar-refractivity contribution is 6.02. The lowest BCUT2D eigenvalue weighted by Gasteiger charge is -2.20. The second-order valence-electron chi connectivity index (χ2n) is 6.93. The maximum atomic E-state index is 12.9. The van der Waals surface area contributed by atoms with Crippen LogP contribution in [0.2, 0.25) is 0 Å². The molecule has 0 aliphatic carbocycles. The number of furan rings is 1. The molecule has 1 aromatic heterocycles. The minimum Gasteiger partial charge on any atom is -0.493 e. The minimum atomic E-state index is -0.664. The molecule has 1 unspecified atom stereocenters. The molecular weight excluding hydrogens is 428 g/mol. The molecule has 0 saturated heterocycles. The molecule has 33 heavy (non-hydrogen) atoms. The summed E-state index contributed by atoms with van der Waals surface area (Å²) in [5, 5.41) is 5.53. The van der Waals surface area contributed by atoms with Crippen molar-refractivity contribution in [3.63, 3.8) is 0 Å². The van der Waals surface area contributed by atoms with Crippen LogP contribution < -0.4 is 20.1 Å². The molecule has 2 N–H and O–H groups in total. The number of nitrogens with one attached hydrogen (secondary N) is 2. The molecule has 0 fully saturated rings. The lowest BCUT2D eigenvalue weighted by Crippen LogP contribution is -2.30. The zero-order valence-corrected chi connectivity index (χ0v) is 18.4. The average molecular weight is 452 g/mol. The molecule has 0 aliphatic rings. The molecule has 9 nitrogen and oxygen atoms in total. The third-order valence-electron chi connectivity index (χ3n) is 4.86. The van der Waals surface area contributed by atoms with Crippen molar-refractivity contribution in [3.8, 4) is 11.5 Å². The molecule has 0 radical (unpaired) electrons. The SMILES string of the molecule is COC(=O)CC(NC(=O)c1ccc(NC(=O)c2ccco2)cc1)c1ccc(OC)c(OC)c1. The summed E-state index contributed by atoms with van der Waals surface area (Å²) in [4.78, 5) is 36.9. The van der Waals surface area contributed by atoms with E-state index in [-0.39, 0.29) is 12.2 Å². The Balaban J connectivity index is 1.75. The van der Waals surface area contributed by atoms with Crippen LogP contribution in [-0.4, -0.2) is 39.1 Å². The summed E-state index contributed by atoms with van der Waals surface area (Å²) in [6, 6.07) is 14.0. The largest absolute Gasteiger partial charge is 0.493 e. The van der Waals surface area contributed by atoms with E-state index in [1.165, 1.54) is 27.6 Å². The number of methoxy groups -OCH3 is 3. The number of anilines is 1. The fourth-order valence-corrected chi connectivity index (χ4v) is 3.12. The average Bonchev–Trinajstić information content (AvgIpc) is 3.38. The first kappa shape index (κ1) is 23.4. The van der Waals surface area contributed by atoms with Gasteiger partial charge in [0.25, 0.3) is 11.8 Å². The molecular formula is C24H24N2O7. The molecule has 172 valence electrons. The summed E-state index contributed by atoms with van der Waals surface area (Å²) in [6.07, 6.45) is 1.33. The van der Waals surface area contributed by atoms with Crippen LogP contribution in [0.25, 0.3) is 0 Å². The standard InChI is InChI=1S/C24H24N2O7/c1-30-19-11-8-16(13-21(19)31-2)18(14-22(27)32-3)26-23(28)15-6-9-17(10-7-15)25-24(29)20-5-4-12-33-20/h4-13,18H,14H2,1-3H3,(H,25,29)(H,26,28). The van der Waals surface area contributed by atoms with E-state index in [9.17, 15) is 14.4 Å². The predicted molar refractivity (Wildman–Crippen MR) is 119 cm³/mol. The Bertz CT molecular complexity index is 1110. The third kappa shape index (κ3) is 5.91. The van der Waals surface area contributed by atoms with Crippen LogP contribution in [0.3, 0.4) is 0 Å². The molecule has 1 atom stereocenters. The van der Waals surface area contributed by atoms with Crippen LogP contribution in [0.15, 0.2) is 65.3 Å². The first-order valence-electron chi connectivity index (χ1n) is 9.99. The van der Waals surface area contributed by atoms with E-state index < -0.39 is 23.8 Å². The lowest BCUT2D eigenvalue weighted by atomic mass is 10.0. The molecule has 0 aliphatic heterocycles. The van der Waals surface area contributed by atoms with Gasteiger partial charge in [-0.1, -0.05) is 6.07 Å². The van der Waals surface area contributed by atoms with Gasteiger partial charge in [0, 0.05) is 11.3 Å². The first-order chi connectivity index (χ1) is 15.9. The van der Waals surface area contributed by atoms with Crippen LogP contribution >= 0.6 is 0 Å². The zero-order valence-electron chi connectivity index (χ0n) is 18.4. The van der Waals surface area contributed by atoms with Gasteiger partial charge < -0.3 is 29.3 Å².